The molecule has 0 fully saturated rings. The molecule has 4 nitrogen and oxygen atoms in total. The molecule has 3 rings (SSSR count). The SMILES string of the molecule is Cc1ccc(C(=O)COC(=O)c2cnc3ccccc3c2C(F)(F)F)cc1C. The highest BCUT2D eigenvalue weighted by atomic mass is 19.4. The molecule has 0 aliphatic carbocycles. The lowest BCUT2D eigenvalue weighted by atomic mass is 10.0. The van der Waals surface area contributed by atoms with Crippen LogP contribution in [-0.4, -0.2) is 23.3 Å². The molecule has 28 heavy (non-hydrogen) atoms. The number of fused-ring (bicyclic) bond motifs is 1. The van der Waals surface area contributed by atoms with Crippen LogP contribution in [0, 0.1) is 13.8 Å². The van der Waals surface area contributed by atoms with E-state index in [1.54, 1.807) is 24.3 Å². The number of carbonyl (C=O) groups is 2. The van der Waals surface area contributed by atoms with Crippen LogP contribution in [0.25, 0.3) is 10.9 Å². The fourth-order valence-electron chi connectivity index (χ4n) is 2.81. The number of ether oxygens (including phenoxy) is 1. The number of aryl methyl sites for hydroxylation is 2. The highest BCUT2D eigenvalue weighted by molar-refractivity contribution is 6.01. The molecule has 0 saturated carbocycles. The largest absolute Gasteiger partial charge is 0.454 e. The van der Waals surface area contributed by atoms with Crippen LogP contribution in [0.2, 0.25) is 0 Å². The van der Waals surface area contributed by atoms with E-state index in [9.17, 15) is 22.8 Å². The molecule has 0 N–H and O–H groups in total. The third-order valence-electron chi connectivity index (χ3n) is 4.44. The number of aromatic nitrogens is 1. The van der Waals surface area contributed by atoms with Crippen LogP contribution in [-0.2, 0) is 10.9 Å². The molecule has 2 aromatic carbocycles. The van der Waals surface area contributed by atoms with Gasteiger partial charge < -0.3 is 4.74 Å². The van der Waals surface area contributed by atoms with Crippen molar-refractivity contribution in [1.82, 2.24) is 4.98 Å². The number of hydrogen-bond acceptors (Lipinski definition) is 4. The van der Waals surface area contributed by atoms with Crippen LogP contribution < -0.4 is 0 Å². The monoisotopic (exact) mass is 387 g/mol. The first-order valence-corrected chi connectivity index (χ1v) is 8.41. The minimum absolute atomic E-state index is 0.109. The van der Waals surface area contributed by atoms with Crippen LogP contribution in [0.1, 0.15) is 37.4 Å². The molecule has 0 aliphatic rings. The average Bonchev–Trinajstić information content (AvgIpc) is 2.66. The smallest absolute Gasteiger partial charge is 0.417 e. The van der Waals surface area contributed by atoms with Crippen LogP contribution >= 0.6 is 0 Å². The molecule has 0 saturated heterocycles. The fourth-order valence-corrected chi connectivity index (χ4v) is 2.81. The van der Waals surface area contributed by atoms with Gasteiger partial charge in [-0.15, -0.1) is 0 Å². The van der Waals surface area contributed by atoms with E-state index in [0.717, 1.165) is 17.3 Å². The van der Waals surface area contributed by atoms with Crippen molar-refractivity contribution >= 4 is 22.7 Å². The van der Waals surface area contributed by atoms with Crippen LogP contribution in [0.3, 0.4) is 0 Å². The predicted octanol–water partition coefficient (Wildman–Crippen LogP) is 4.91. The summed E-state index contributed by atoms with van der Waals surface area (Å²) >= 11 is 0. The van der Waals surface area contributed by atoms with Gasteiger partial charge >= 0.3 is 12.1 Å². The van der Waals surface area contributed by atoms with E-state index in [1.165, 1.54) is 18.2 Å². The van der Waals surface area contributed by atoms with E-state index >= 15 is 0 Å². The lowest BCUT2D eigenvalue weighted by Crippen LogP contribution is -2.19. The van der Waals surface area contributed by atoms with Crippen molar-refractivity contribution in [1.29, 1.82) is 0 Å². The van der Waals surface area contributed by atoms with E-state index in [2.05, 4.69) is 4.98 Å². The number of carbonyl (C=O) groups excluding carboxylic acids is 2. The van der Waals surface area contributed by atoms with Gasteiger partial charge in [-0.25, -0.2) is 4.79 Å². The Morgan fingerprint density at radius 2 is 1.75 bits per heavy atom. The fraction of sp³-hybridized carbons (Fsp3) is 0.190. The van der Waals surface area contributed by atoms with Gasteiger partial charge in [-0.1, -0.05) is 30.3 Å². The topological polar surface area (TPSA) is 56.3 Å². The maximum atomic E-state index is 13.6. The summed E-state index contributed by atoms with van der Waals surface area (Å²) in [5.41, 5.74) is 0.461. The Hall–Kier alpha value is -3.22. The van der Waals surface area contributed by atoms with Gasteiger partial charge in [0, 0.05) is 17.1 Å². The minimum Gasteiger partial charge on any atom is -0.454 e. The minimum atomic E-state index is -4.78. The number of esters is 1. The molecule has 1 aromatic heterocycles. The molecule has 0 atom stereocenters. The first kappa shape index (κ1) is 19.5. The summed E-state index contributed by atoms with van der Waals surface area (Å²) in [6, 6.07) is 10.6. The molecular weight excluding hydrogens is 371 g/mol. The van der Waals surface area contributed by atoms with Gasteiger partial charge in [0.15, 0.2) is 12.4 Å². The zero-order chi connectivity index (χ0) is 20.5. The number of para-hydroxylation sites is 1. The first-order chi connectivity index (χ1) is 13.2. The summed E-state index contributed by atoms with van der Waals surface area (Å²) in [5.74, 6) is -1.75. The summed E-state index contributed by atoms with van der Waals surface area (Å²) in [4.78, 5) is 28.4. The molecule has 0 radical (unpaired) electrons. The summed E-state index contributed by atoms with van der Waals surface area (Å²) in [6.45, 7) is 3.05. The first-order valence-electron chi connectivity index (χ1n) is 8.41. The molecule has 144 valence electrons. The quantitative estimate of drug-likeness (QED) is 0.472. The highest BCUT2D eigenvalue weighted by Crippen LogP contribution is 2.37. The standard InChI is InChI=1S/C21H16F3NO3/c1-12-7-8-14(9-13(12)2)18(26)11-28-20(27)16-10-25-17-6-4-3-5-15(17)19(16)21(22,23)24/h3-10H,11H2,1-2H3. The van der Waals surface area contributed by atoms with Gasteiger partial charge in [-0.3, -0.25) is 9.78 Å². The van der Waals surface area contributed by atoms with Crippen LogP contribution in [0.15, 0.2) is 48.7 Å². The Bertz CT molecular complexity index is 1070. The highest BCUT2D eigenvalue weighted by Gasteiger charge is 2.38. The Kier molecular flexibility index (Phi) is 5.18. The second-order valence-electron chi connectivity index (χ2n) is 6.36. The second-order valence-corrected chi connectivity index (χ2v) is 6.36. The van der Waals surface area contributed by atoms with E-state index in [0.29, 0.717) is 5.56 Å². The van der Waals surface area contributed by atoms with Gasteiger partial charge in [-0.05, 0) is 37.1 Å². The zero-order valence-corrected chi connectivity index (χ0v) is 15.1. The van der Waals surface area contributed by atoms with Crippen molar-refractivity contribution in [2.24, 2.45) is 0 Å². The summed E-state index contributed by atoms with van der Waals surface area (Å²) in [5, 5.41) is -0.204. The number of hydrogen-bond donors (Lipinski definition) is 0. The normalized spacial score (nSPS) is 11.5. The summed E-state index contributed by atoms with van der Waals surface area (Å²) in [7, 11) is 0. The van der Waals surface area contributed by atoms with Crippen molar-refractivity contribution in [3.63, 3.8) is 0 Å². The Labute approximate surface area is 159 Å². The van der Waals surface area contributed by atoms with Crippen molar-refractivity contribution in [3.8, 4) is 0 Å². The van der Waals surface area contributed by atoms with Crippen molar-refractivity contribution in [2.45, 2.75) is 20.0 Å². The molecule has 0 aliphatic heterocycles. The maximum Gasteiger partial charge on any atom is 0.417 e. The number of pyridine rings is 1. The summed E-state index contributed by atoms with van der Waals surface area (Å²) in [6.07, 6.45) is -3.96. The zero-order valence-electron chi connectivity index (χ0n) is 15.1. The Morgan fingerprint density at radius 3 is 2.43 bits per heavy atom. The molecule has 0 amide bonds. The molecule has 0 bridgehead atoms. The van der Waals surface area contributed by atoms with Gasteiger partial charge in [0.05, 0.1) is 16.6 Å². The number of nitrogens with zero attached hydrogens (tertiary/aromatic N) is 1. The van der Waals surface area contributed by atoms with E-state index in [4.69, 9.17) is 4.74 Å². The lowest BCUT2D eigenvalue weighted by Gasteiger charge is -2.14. The lowest BCUT2D eigenvalue weighted by molar-refractivity contribution is -0.136. The molecule has 7 heteroatoms. The third-order valence-corrected chi connectivity index (χ3v) is 4.44. The predicted molar refractivity (Wildman–Crippen MR) is 97.3 cm³/mol. The van der Waals surface area contributed by atoms with Gasteiger partial charge in [0.2, 0.25) is 0 Å². The van der Waals surface area contributed by atoms with E-state index in [1.807, 2.05) is 13.8 Å². The number of ketones is 1. The molecule has 0 spiro atoms. The van der Waals surface area contributed by atoms with Gasteiger partial charge in [0.1, 0.15) is 0 Å². The number of benzene rings is 2. The number of Topliss-reactive ketones (excluding diaryl/α,β-unsaturated/α-hetero) is 1. The molecule has 3 aromatic rings. The molecule has 0 unspecified atom stereocenters. The second kappa shape index (κ2) is 7.42. The van der Waals surface area contributed by atoms with E-state index in [-0.39, 0.29) is 10.9 Å². The third kappa shape index (κ3) is 3.88. The number of rotatable bonds is 4. The maximum absolute atomic E-state index is 13.6. The van der Waals surface area contributed by atoms with Gasteiger partial charge in [0.25, 0.3) is 0 Å². The Balaban J connectivity index is 1.87. The average molecular weight is 387 g/mol. The Morgan fingerprint density at radius 1 is 1.04 bits per heavy atom. The molecular formula is C21H16F3NO3. The van der Waals surface area contributed by atoms with Crippen molar-refractivity contribution < 1.29 is 27.5 Å². The van der Waals surface area contributed by atoms with Crippen molar-refractivity contribution in [3.05, 3.63) is 76.5 Å². The van der Waals surface area contributed by atoms with Gasteiger partial charge in [-0.2, -0.15) is 13.2 Å². The van der Waals surface area contributed by atoms with E-state index < -0.39 is 35.7 Å². The van der Waals surface area contributed by atoms with Crippen molar-refractivity contribution in [2.75, 3.05) is 6.61 Å². The number of halogens is 3. The molecule has 1 heterocycles. The number of alkyl halides is 3. The van der Waals surface area contributed by atoms with Crippen LogP contribution in [0.5, 0.6) is 0 Å². The summed E-state index contributed by atoms with van der Waals surface area (Å²) < 4.78 is 45.6. The van der Waals surface area contributed by atoms with Crippen LogP contribution in [0.4, 0.5) is 13.2 Å².